The van der Waals surface area contributed by atoms with Gasteiger partial charge in [0.25, 0.3) is 0 Å². The summed E-state index contributed by atoms with van der Waals surface area (Å²) >= 11 is 0. The number of benzene rings is 1. The molecule has 20 heavy (non-hydrogen) atoms. The van der Waals surface area contributed by atoms with Crippen LogP contribution in [0, 0.1) is 18.3 Å². The summed E-state index contributed by atoms with van der Waals surface area (Å²) in [6, 6.07) is 9.16. The highest BCUT2D eigenvalue weighted by atomic mass is 15.3. The monoisotopic (exact) mass is 268 g/mol. The van der Waals surface area contributed by atoms with Gasteiger partial charge >= 0.3 is 0 Å². The average molecular weight is 268 g/mol. The highest BCUT2D eigenvalue weighted by Crippen LogP contribution is 2.20. The van der Waals surface area contributed by atoms with Gasteiger partial charge in [0.1, 0.15) is 5.82 Å². The van der Waals surface area contributed by atoms with Crippen molar-refractivity contribution in [3.63, 3.8) is 0 Å². The molecule has 0 aliphatic rings. The van der Waals surface area contributed by atoms with E-state index in [1.165, 1.54) is 0 Å². The second-order valence-electron chi connectivity index (χ2n) is 4.28. The summed E-state index contributed by atoms with van der Waals surface area (Å²) in [6.07, 6.45) is 0.797. The number of nitrogens with one attached hydrogen (secondary N) is 2. The number of aryl methyl sites for hydroxylation is 1. The lowest BCUT2D eigenvalue weighted by atomic mass is 10.2. The van der Waals surface area contributed by atoms with Crippen LogP contribution in [-0.4, -0.2) is 9.97 Å². The predicted molar refractivity (Wildman–Crippen MR) is 78.4 cm³/mol. The van der Waals surface area contributed by atoms with E-state index >= 15 is 0 Å². The van der Waals surface area contributed by atoms with Gasteiger partial charge in [-0.3, -0.25) is 0 Å². The molecule has 0 aliphatic carbocycles. The maximum absolute atomic E-state index is 8.77. The van der Waals surface area contributed by atoms with Crippen molar-refractivity contribution in [2.45, 2.75) is 20.3 Å². The Hall–Kier alpha value is -2.65. The van der Waals surface area contributed by atoms with Crippen molar-refractivity contribution in [1.29, 1.82) is 5.26 Å². The van der Waals surface area contributed by atoms with Crippen molar-refractivity contribution in [3.05, 3.63) is 41.1 Å². The molecule has 6 heteroatoms. The van der Waals surface area contributed by atoms with Crippen LogP contribution in [0.15, 0.2) is 24.3 Å². The molecular weight excluding hydrogens is 252 g/mol. The number of anilines is 3. The van der Waals surface area contributed by atoms with Crippen molar-refractivity contribution >= 4 is 17.5 Å². The molecule has 1 aromatic heterocycles. The van der Waals surface area contributed by atoms with Gasteiger partial charge in [0.15, 0.2) is 0 Å². The maximum Gasteiger partial charge on any atom is 0.229 e. The Morgan fingerprint density at radius 3 is 2.50 bits per heavy atom. The first-order chi connectivity index (χ1) is 9.67. The number of aromatic nitrogens is 2. The Labute approximate surface area is 117 Å². The number of hydrazine groups is 1. The van der Waals surface area contributed by atoms with Crippen LogP contribution in [0.5, 0.6) is 0 Å². The third-order valence-electron chi connectivity index (χ3n) is 2.99. The van der Waals surface area contributed by atoms with Gasteiger partial charge in [-0.05, 0) is 37.6 Å². The van der Waals surface area contributed by atoms with Crippen molar-refractivity contribution in [3.8, 4) is 6.07 Å². The lowest BCUT2D eigenvalue weighted by Gasteiger charge is -2.12. The van der Waals surface area contributed by atoms with Crippen LogP contribution < -0.4 is 16.6 Å². The van der Waals surface area contributed by atoms with Crippen molar-refractivity contribution in [2.75, 3.05) is 10.7 Å². The van der Waals surface area contributed by atoms with E-state index in [1.54, 1.807) is 12.1 Å². The number of hydrogen-bond acceptors (Lipinski definition) is 6. The fraction of sp³-hybridized carbons (Fsp3) is 0.214. The van der Waals surface area contributed by atoms with Crippen molar-refractivity contribution in [1.82, 2.24) is 9.97 Å². The summed E-state index contributed by atoms with van der Waals surface area (Å²) in [5, 5.41) is 11.9. The van der Waals surface area contributed by atoms with E-state index in [1.807, 2.05) is 26.0 Å². The molecule has 0 bridgehead atoms. The van der Waals surface area contributed by atoms with Crippen LogP contribution in [0.3, 0.4) is 0 Å². The first kappa shape index (κ1) is 13.8. The minimum atomic E-state index is 0.477. The lowest BCUT2D eigenvalue weighted by Crippen LogP contribution is -2.13. The summed E-state index contributed by atoms with van der Waals surface area (Å²) in [5.41, 5.74) is 5.89. The molecule has 0 unspecified atom stereocenters. The quantitative estimate of drug-likeness (QED) is 0.581. The predicted octanol–water partition coefficient (Wildman–Crippen LogP) is 2.25. The van der Waals surface area contributed by atoms with Gasteiger partial charge in [-0.2, -0.15) is 10.2 Å². The summed E-state index contributed by atoms with van der Waals surface area (Å²) in [6.45, 7) is 3.96. The molecule has 0 amide bonds. The van der Waals surface area contributed by atoms with Crippen LogP contribution in [0.4, 0.5) is 17.5 Å². The van der Waals surface area contributed by atoms with Crippen LogP contribution in [0.25, 0.3) is 0 Å². The van der Waals surface area contributed by atoms with Gasteiger partial charge in [-0.15, -0.1) is 0 Å². The van der Waals surface area contributed by atoms with Gasteiger partial charge in [-0.25, -0.2) is 10.8 Å². The zero-order valence-corrected chi connectivity index (χ0v) is 11.4. The molecule has 1 aromatic carbocycles. The Morgan fingerprint density at radius 1 is 1.25 bits per heavy atom. The van der Waals surface area contributed by atoms with Crippen LogP contribution >= 0.6 is 0 Å². The van der Waals surface area contributed by atoms with E-state index in [-0.39, 0.29) is 0 Å². The van der Waals surface area contributed by atoms with Crippen molar-refractivity contribution in [2.24, 2.45) is 5.84 Å². The molecule has 2 aromatic rings. The molecule has 0 saturated heterocycles. The zero-order chi connectivity index (χ0) is 14.5. The number of nitrogens with two attached hydrogens (primary N) is 1. The van der Waals surface area contributed by atoms with E-state index in [4.69, 9.17) is 11.1 Å². The molecule has 6 nitrogen and oxygen atoms in total. The Morgan fingerprint density at radius 2 is 1.95 bits per heavy atom. The largest absolute Gasteiger partial charge is 0.324 e. The molecule has 1 heterocycles. The molecule has 0 atom stereocenters. The van der Waals surface area contributed by atoms with Crippen molar-refractivity contribution < 1.29 is 0 Å². The molecular formula is C14H16N6. The number of nitriles is 1. The Bertz CT molecular complexity index is 617. The molecule has 0 fully saturated rings. The molecule has 102 valence electrons. The normalized spacial score (nSPS) is 9.90. The SMILES string of the molecule is CCc1nc(Nc2ccc(C#N)cc2)nc(NN)c1C. The van der Waals surface area contributed by atoms with E-state index in [0.29, 0.717) is 17.3 Å². The molecule has 4 N–H and O–H groups in total. The zero-order valence-electron chi connectivity index (χ0n) is 11.4. The average Bonchev–Trinajstić information content (AvgIpc) is 2.49. The summed E-state index contributed by atoms with van der Waals surface area (Å²) in [4.78, 5) is 8.77. The minimum absolute atomic E-state index is 0.477. The first-order valence-corrected chi connectivity index (χ1v) is 6.29. The van der Waals surface area contributed by atoms with Gasteiger partial charge in [0.05, 0.1) is 17.3 Å². The van der Waals surface area contributed by atoms with E-state index in [0.717, 1.165) is 23.4 Å². The topological polar surface area (TPSA) is 99.6 Å². The van der Waals surface area contributed by atoms with Gasteiger partial charge in [0.2, 0.25) is 5.95 Å². The van der Waals surface area contributed by atoms with Gasteiger partial charge in [0, 0.05) is 11.3 Å². The summed E-state index contributed by atoms with van der Waals surface area (Å²) in [7, 11) is 0. The Kier molecular flexibility index (Phi) is 4.13. The van der Waals surface area contributed by atoms with Gasteiger partial charge < -0.3 is 10.7 Å². The number of hydrogen-bond donors (Lipinski definition) is 3. The minimum Gasteiger partial charge on any atom is -0.324 e. The highest BCUT2D eigenvalue weighted by Gasteiger charge is 2.09. The Balaban J connectivity index is 2.30. The molecule has 0 radical (unpaired) electrons. The van der Waals surface area contributed by atoms with Crippen LogP contribution in [-0.2, 0) is 6.42 Å². The standard InChI is InChI=1S/C14H16N6/c1-3-12-9(2)13(20-16)19-14(18-12)17-11-6-4-10(8-15)5-7-11/h4-7H,3,16H2,1-2H3,(H2,17,18,19,20). The molecule has 0 spiro atoms. The van der Waals surface area contributed by atoms with E-state index in [2.05, 4.69) is 26.8 Å². The van der Waals surface area contributed by atoms with Crippen LogP contribution in [0.1, 0.15) is 23.7 Å². The number of rotatable bonds is 4. The smallest absolute Gasteiger partial charge is 0.229 e. The van der Waals surface area contributed by atoms with E-state index < -0.39 is 0 Å². The highest BCUT2D eigenvalue weighted by molar-refractivity contribution is 5.58. The summed E-state index contributed by atoms with van der Waals surface area (Å²) in [5.74, 6) is 6.55. The fourth-order valence-electron chi connectivity index (χ4n) is 1.86. The maximum atomic E-state index is 8.77. The first-order valence-electron chi connectivity index (χ1n) is 6.29. The van der Waals surface area contributed by atoms with E-state index in [9.17, 15) is 0 Å². The number of nitrogens with zero attached hydrogens (tertiary/aromatic N) is 3. The summed E-state index contributed by atoms with van der Waals surface area (Å²) < 4.78 is 0. The molecule has 0 saturated carbocycles. The second kappa shape index (κ2) is 5.99. The van der Waals surface area contributed by atoms with Gasteiger partial charge in [-0.1, -0.05) is 6.92 Å². The fourth-order valence-corrected chi connectivity index (χ4v) is 1.86. The molecule has 2 rings (SSSR count). The third-order valence-corrected chi connectivity index (χ3v) is 2.99. The van der Waals surface area contributed by atoms with Crippen LogP contribution in [0.2, 0.25) is 0 Å². The lowest BCUT2D eigenvalue weighted by molar-refractivity contribution is 0.972. The number of nitrogen functional groups attached to an aromatic ring is 1. The third kappa shape index (κ3) is 2.84. The second-order valence-corrected chi connectivity index (χ2v) is 4.28. The molecule has 0 aliphatic heterocycles.